The van der Waals surface area contributed by atoms with Crippen LogP contribution in [0.3, 0.4) is 0 Å². The van der Waals surface area contributed by atoms with Gasteiger partial charge in [-0.2, -0.15) is 0 Å². The number of aromatic nitrogens is 1. The highest BCUT2D eigenvalue weighted by atomic mass is 16.1. The van der Waals surface area contributed by atoms with Gasteiger partial charge in [-0.15, -0.1) is 0 Å². The van der Waals surface area contributed by atoms with E-state index in [-0.39, 0.29) is 5.91 Å². The molecule has 1 aromatic carbocycles. The number of nitrogens with one attached hydrogen (secondary N) is 3. The highest BCUT2D eigenvalue weighted by molar-refractivity contribution is 5.81. The number of rotatable bonds is 7. The van der Waals surface area contributed by atoms with Crippen molar-refractivity contribution in [3.05, 3.63) is 66.0 Å². The van der Waals surface area contributed by atoms with Crippen LogP contribution in [0.2, 0.25) is 0 Å². The van der Waals surface area contributed by atoms with Gasteiger partial charge in [-0.25, -0.2) is 0 Å². The molecule has 0 aliphatic carbocycles. The number of hydrogen-bond acceptors (Lipinski definition) is 3. The van der Waals surface area contributed by atoms with Gasteiger partial charge in [0.25, 0.3) is 0 Å². The average Bonchev–Trinajstić information content (AvgIpc) is 2.64. The van der Waals surface area contributed by atoms with Crippen LogP contribution in [0.1, 0.15) is 17.7 Å². The molecule has 6 heteroatoms. The van der Waals surface area contributed by atoms with Gasteiger partial charge < -0.3 is 16.0 Å². The van der Waals surface area contributed by atoms with E-state index in [0.717, 1.165) is 11.3 Å². The summed E-state index contributed by atoms with van der Waals surface area (Å²) in [5, 5.41) is 9.18. The van der Waals surface area contributed by atoms with Gasteiger partial charge in [-0.05, 0) is 17.7 Å². The third kappa shape index (κ3) is 6.48. The smallest absolute Gasteiger partial charge is 0.222 e. The molecular formula is C18H23N5O. The summed E-state index contributed by atoms with van der Waals surface area (Å²) in [6.07, 6.45) is 2.14. The van der Waals surface area contributed by atoms with Crippen LogP contribution >= 0.6 is 0 Å². The Morgan fingerprint density at radius 1 is 1.00 bits per heavy atom. The number of guanidine groups is 1. The lowest BCUT2D eigenvalue weighted by Gasteiger charge is -2.11. The molecule has 0 bridgehead atoms. The van der Waals surface area contributed by atoms with E-state index < -0.39 is 0 Å². The summed E-state index contributed by atoms with van der Waals surface area (Å²) in [4.78, 5) is 20.2. The molecule has 2 aromatic rings. The third-order valence-corrected chi connectivity index (χ3v) is 3.36. The minimum absolute atomic E-state index is 0.00605. The van der Waals surface area contributed by atoms with Crippen LogP contribution in [0.4, 0.5) is 0 Å². The van der Waals surface area contributed by atoms with Crippen LogP contribution < -0.4 is 16.0 Å². The lowest BCUT2D eigenvalue weighted by atomic mass is 10.2. The molecule has 0 spiro atoms. The van der Waals surface area contributed by atoms with Gasteiger partial charge >= 0.3 is 0 Å². The maximum absolute atomic E-state index is 11.8. The Kier molecular flexibility index (Phi) is 7.27. The topological polar surface area (TPSA) is 78.4 Å². The molecule has 0 atom stereocenters. The Morgan fingerprint density at radius 3 is 2.50 bits per heavy atom. The predicted molar refractivity (Wildman–Crippen MR) is 95.3 cm³/mol. The zero-order valence-corrected chi connectivity index (χ0v) is 13.8. The van der Waals surface area contributed by atoms with Gasteiger partial charge in [0.2, 0.25) is 5.91 Å². The van der Waals surface area contributed by atoms with Crippen LogP contribution in [-0.2, 0) is 17.9 Å². The Balaban J connectivity index is 1.63. The zero-order chi connectivity index (χ0) is 17.0. The van der Waals surface area contributed by atoms with Gasteiger partial charge in [0.15, 0.2) is 5.96 Å². The fraction of sp³-hybridized carbons (Fsp3) is 0.278. The highest BCUT2D eigenvalue weighted by Crippen LogP contribution is 1.97. The Morgan fingerprint density at radius 2 is 1.79 bits per heavy atom. The van der Waals surface area contributed by atoms with E-state index in [1.165, 1.54) is 0 Å². The molecule has 0 aliphatic rings. The van der Waals surface area contributed by atoms with E-state index in [1.807, 2.05) is 48.5 Å². The van der Waals surface area contributed by atoms with Gasteiger partial charge in [-0.1, -0.05) is 36.4 Å². The molecule has 0 aliphatic heterocycles. The molecule has 2 rings (SSSR count). The van der Waals surface area contributed by atoms with Crippen molar-refractivity contribution >= 4 is 11.9 Å². The van der Waals surface area contributed by atoms with E-state index in [0.29, 0.717) is 32.0 Å². The standard InChI is InChI=1S/C18H23N5O/c1-19-18(23-14-16-9-5-6-11-20-16)21-12-10-17(24)22-13-15-7-3-2-4-8-15/h2-9,11H,10,12-14H2,1H3,(H,22,24)(H2,19,21,23). The Labute approximate surface area is 142 Å². The van der Waals surface area contributed by atoms with Crippen molar-refractivity contribution in [2.45, 2.75) is 19.5 Å². The molecule has 126 valence electrons. The predicted octanol–water partition coefficient (Wildman–Crippen LogP) is 1.45. The quantitative estimate of drug-likeness (QED) is 0.532. The first-order valence-electron chi connectivity index (χ1n) is 7.93. The molecule has 3 N–H and O–H groups in total. The second-order valence-corrected chi connectivity index (χ2v) is 5.19. The zero-order valence-electron chi connectivity index (χ0n) is 13.8. The van der Waals surface area contributed by atoms with Crippen LogP contribution in [-0.4, -0.2) is 30.4 Å². The highest BCUT2D eigenvalue weighted by Gasteiger charge is 2.03. The normalized spacial score (nSPS) is 11.0. The first kappa shape index (κ1) is 17.5. The number of carbonyl (C=O) groups is 1. The molecule has 0 radical (unpaired) electrons. The fourth-order valence-corrected chi connectivity index (χ4v) is 2.08. The number of carbonyl (C=O) groups excluding carboxylic acids is 1. The lowest BCUT2D eigenvalue weighted by Crippen LogP contribution is -2.39. The average molecular weight is 325 g/mol. The van der Waals surface area contributed by atoms with E-state index in [1.54, 1.807) is 13.2 Å². The molecule has 0 fully saturated rings. The number of nitrogens with zero attached hydrogens (tertiary/aromatic N) is 2. The van der Waals surface area contributed by atoms with Crippen LogP contribution in [0, 0.1) is 0 Å². The minimum Gasteiger partial charge on any atom is -0.356 e. The second kappa shape index (κ2) is 9.99. The van der Waals surface area contributed by atoms with Gasteiger partial charge in [0, 0.05) is 32.8 Å². The number of benzene rings is 1. The number of aliphatic imine (C=N–C) groups is 1. The molecule has 1 amide bonds. The van der Waals surface area contributed by atoms with Crippen molar-refractivity contribution < 1.29 is 4.79 Å². The van der Waals surface area contributed by atoms with E-state index in [2.05, 4.69) is 25.9 Å². The molecule has 0 unspecified atom stereocenters. The molecule has 0 saturated carbocycles. The van der Waals surface area contributed by atoms with Gasteiger partial charge in [-0.3, -0.25) is 14.8 Å². The maximum Gasteiger partial charge on any atom is 0.222 e. The fourth-order valence-electron chi connectivity index (χ4n) is 2.08. The Hall–Kier alpha value is -2.89. The largest absolute Gasteiger partial charge is 0.356 e. The summed E-state index contributed by atoms with van der Waals surface area (Å²) in [5.74, 6) is 0.656. The summed E-state index contributed by atoms with van der Waals surface area (Å²) in [6.45, 7) is 1.65. The summed E-state index contributed by atoms with van der Waals surface area (Å²) in [6, 6.07) is 15.6. The van der Waals surface area contributed by atoms with Crippen LogP contribution in [0.5, 0.6) is 0 Å². The van der Waals surface area contributed by atoms with E-state index >= 15 is 0 Å². The molecule has 0 saturated heterocycles. The lowest BCUT2D eigenvalue weighted by molar-refractivity contribution is -0.121. The number of pyridine rings is 1. The first-order chi connectivity index (χ1) is 11.8. The van der Waals surface area contributed by atoms with Crippen molar-refractivity contribution in [2.75, 3.05) is 13.6 Å². The summed E-state index contributed by atoms with van der Waals surface area (Å²) in [7, 11) is 1.70. The second-order valence-electron chi connectivity index (χ2n) is 5.19. The van der Waals surface area contributed by atoms with Crippen LogP contribution in [0.15, 0.2) is 59.7 Å². The third-order valence-electron chi connectivity index (χ3n) is 3.36. The van der Waals surface area contributed by atoms with Crippen molar-refractivity contribution in [3.63, 3.8) is 0 Å². The van der Waals surface area contributed by atoms with Crippen molar-refractivity contribution in [1.82, 2.24) is 20.9 Å². The first-order valence-corrected chi connectivity index (χ1v) is 7.93. The van der Waals surface area contributed by atoms with Crippen LogP contribution in [0.25, 0.3) is 0 Å². The minimum atomic E-state index is 0.00605. The van der Waals surface area contributed by atoms with Crippen molar-refractivity contribution in [3.8, 4) is 0 Å². The van der Waals surface area contributed by atoms with Gasteiger partial charge in [0.1, 0.15) is 0 Å². The van der Waals surface area contributed by atoms with Crippen molar-refractivity contribution in [2.24, 2.45) is 4.99 Å². The molecule has 1 heterocycles. The summed E-state index contributed by atoms with van der Waals surface area (Å²) in [5.41, 5.74) is 2.02. The number of amides is 1. The van der Waals surface area contributed by atoms with Gasteiger partial charge in [0.05, 0.1) is 12.2 Å². The van der Waals surface area contributed by atoms with E-state index in [9.17, 15) is 4.79 Å². The van der Waals surface area contributed by atoms with Crippen molar-refractivity contribution in [1.29, 1.82) is 0 Å². The summed E-state index contributed by atoms with van der Waals surface area (Å²) < 4.78 is 0. The number of hydrogen-bond donors (Lipinski definition) is 3. The molecule has 6 nitrogen and oxygen atoms in total. The van der Waals surface area contributed by atoms with E-state index in [4.69, 9.17) is 0 Å². The summed E-state index contributed by atoms with van der Waals surface area (Å²) >= 11 is 0. The molecule has 1 aromatic heterocycles. The maximum atomic E-state index is 11.8. The monoisotopic (exact) mass is 325 g/mol. The molecule has 24 heavy (non-hydrogen) atoms. The molecular weight excluding hydrogens is 302 g/mol. The SMILES string of the molecule is CN=C(NCCC(=O)NCc1ccccc1)NCc1ccccn1. The Bertz CT molecular complexity index is 643.